The lowest BCUT2D eigenvalue weighted by Gasteiger charge is -2.05. The van der Waals surface area contributed by atoms with Gasteiger partial charge in [-0.1, -0.05) is 23.8 Å². The van der Waals surface area contributed by atoms with Gasteiger partial charge in [-0.3, -0.25) is 4.79 Å². The molecule has 1 N–H and O–H groups in total. The summed E-state index contributed by atoms with van der Waals surface area (Å²) >= 11 is 2.54. The summed E-state index contributed by atoms with van der Waals surface area (Å²) < 4.78 is 5.15. The second kappa shape index (κ2) is 9.90. The number of thiophene rings is 1. The maximum absolute atomic E-state index is 12.5. The average molecular weight is 466 g/mol. The summed E-state index contributed by atoms with van der Waals surface area (Å²) in [5.74, 6) is -0.636. The lowest BCUT2D eigenvalue weighted by Crippen LogP contribution is -2.08. The van der Waals surface area contributed by atoms with Gasteiger partial charge in [0.1, 0.15) is 21.7 Å². The molecule has 32 heavy (non-hydrogen) atoms. The molecule has 0 saturated carbocycles. The number of benzene rings is 1. The summed E-state index contributed by atoms with van der Waals surface area (Å²) in [6.45, 7) is 9.20. The monoisotopic (exact) mass is 465 g/mol. The van der Waals surface area contributed by atoms with Crippen molar-refractivity contribution in [2.75, 3.05) is 11.9 Å². The predicted molar refractivity (Wildman–Crippen MR) is 129 cm³/mol. The summed E-state index contributed by atoms with van der Waals surface area (Å²) in [6, 6.07) is 8.32. The van der Waals surface area contributed by atoms with Crippen LogP contribution in [0.1, 0.15) is 55.6 Å². The molecule has 0 aliphatic carbocycles. The molecule has 0 atom stereocenters. The molecule has 0 aliphatic rings. The van der Waals surface area contributed by atoms with Gasteiger partial charge in [0.2, 0.25) is 0 Å². The van der Waals surface area contributed by atoms with E-state index in [-0.39, 0.29) is 12.4 Å². The molecule has 3 rings (SSSR count). The highest BCUT2D eigenvalue weighted by atomic mass is 32.1. The number of ether oxygens (including phenoxy) is 1. The zero-order valence-electron chi connectivity index (χ0n) is 18.5. The number of nitrogens with one attached hydrogen (secondary N) is 1. The number of anilines is 1. The number of nitrogens with zero attached hydrogens (tertiary/aromatic N) is 2. The van der Waals surface area contributed by atoms with Crippen molar-refractivity contribution in [1.82, 2.24) is 4.98 Å². The molecule has 0 spiro atoms. The van der Waals surface area contributed by atoms with Crippen molar-refractivity contribution in [1.29, 1.82) is 5.26 Å². The minimum Gasteiger partial charge on any atom is -0.462 e. The smallest absolute Gasteiger partial charge is 0.341 e. The lowest BCUT2D eigenvalue weighted by atomic mass is 10.0. The second-order valence-corrected chi connectivity index (χ2v) is 9.09. The van der Waals surface area contributed by atoms with E-state index in [0.717, 1.165) is 16.8 Å². The molecule has 8 heteroatoms. The number of nitriles is 1. The van der Waals surface area contributed by atoms with E-state index in [4.69, 9.17) is 4.74 Å². The molecule has 164 valence electrons. The van der Waals surface area contributed by atoms with Crippen LogP contribution in [0.2, 0.25) is 0 Å². The van der Waals surface area contributed by atoms with Crippen LogP contribution >= 0.6 is 22.7 Å². The van der Waals surface area contributed by atoms with E-state index in [0.29, 0.717) is 31.6 Å². The number of esters is 1. The molecule has 0 aliphatic heterocycles. The molecule has 0 unspecified atom stereocenters. The van der Waals surface area contributed by atoms with Gasteiger partial charge in [-0.05, 0) is 45.7 Å². The van der Waals surface area contributed by atoms with Crippen molar-refractivity contribution in [3.05, 3.63) is 61.9 Å². The number of allylic oxidation sites excluding steroid dienone is 1. The Morgan fingerprint density at radius 1 is 1.28 bits per heavy atom. The van der Waals surface area contributed by atoms with Gasteiger partial charge >= 0.3 is 5.97 Å². The molecule has 2 heterocycles. The first-order valence-electron chi connectivity index (χ1n) is 9.98. The van der Waals surface area contributed by atoms with Crippen LogP contribution in [0.4, 0.5) is 5.00 Å². The Hall–Kier alpha value is -3.28. The fourth-order valence-corrected chi connectivity index (χ4v) is 5.15. The lowest BCUT2D eigenvalue weighted by molar-refractivity contribution is 0.0527. The van der Waals surface area contributed by atoms with Gasteiger partial charge in [0, 0.05) is 17.1 Å². The molecule has 0 bridgehead atoms. The third-order valence-corrected chi connectivity index (χ3v) is 7.01. The minimum atomic E-state index is -0.505. The fourth-order valence-electron chi connectivity index (χ4n) is 3.30. The number of carbonyl (C=O) groups is 2. The quantitative estimate of drug-likeness (QED) is 0.255. The predicted octanol–water partition coefficient (Wildman–Crippen LogP) is 6.15. The fraction of sp³-hybridized carbons (Fsp3) is 0.250. The van der Waals surface area contributed by atoms with Gasteiger partial charge in [0.15, 0.2) is 5.78 Å². The minimum absolute atomic E-state index is 0.131. The third kappa shape index (κ3) is 4.79. The Morgan fingerprint density at radius 2 is 2.03 bits per heavy atom. The molecule has 2 aromatic heterocycles. The molecule has 0 saturated heterocycles. The van der Waals surface area contributed by atoms with Gasteiger partial charge in [0.25, 0.3) is 0 Å². The van der Waals surface area contributed by atoms with E-state index < -0.39 is 5.97 Å². The number of aromatic nitrogens is 1. The molecule has 0 amide bonds. The zero-order valence-corrected chi connectivity index (χ0v) is 20.2. The largest absolute Gasteiger partial charge is 0.462 e. The summed E-state index contributed by atoms with van der Waals surface area (Å²) in [5, 5.41) is 15.7. The molecule has 3 aromatic rings. The van der Waals surface area contributed by atoms with E-state index in [1.165, 1.54) is 41.4 Å². The SMILES string of the molecule is CCOC(=O)c1c(N/C=C(/C#N)c2nc(-c3ccc(C)cc3C)cs2)sc(C(C)=O)c1C. The van der Waals surface area contributed by atoms with Crippen LogP contribution in [-0.2, 0) is 4.74 Å². The van der Waals surface area contributed by atoms with Crippen molar-refractivity contribution in [2.45, 2.75) is 34.6 Å². The number of thiazole rings is 1. The highest BCUT2D eigenvalue weighted by Gasteiger charge is 2.24. The van der Waals surface area contributed by atoms with Crippen molar-refractivity contribution < 1.29 is 14.3 Å². The van der Waals surface area contributed by atoms with Crippen LogP contribution in [0.25, 0.3) is 16.8 Å². The van der Waals surface area contributed by atoms with Crippen molar-refractivity contribution in [3.8, 4) is 17.3 Å². The van der Waals surface area contributed by atoms with E-state index >= 15 is 0 Å². The Kier molecular flexibility index (Phi) is 7.23. The van der Waals surface area contributed by atoms with E-state index in [1.807, 2.05) is 31.4 Å². The Labute approximate surface area is 195 Å². The van der Waals surface area contributed by atoms with Crippen LogP contribution < -0.4 is 5.32 Å². The first kappa shape index (κ1) is 23.4. The zero-order chi connectivity index (χ0) is 23.4. The van der Waals surface area contributed by atoms with Crippen LogP contribution in [0, 0.1) is 32.1 Å². The first-order chi connectivity index (χ1) is 15.3. The number of rotatable bonds is 7. The van der Waals surface area contributed by atoms with Crippen LogP contribution in [0.3, 0.4) is 0 Å². The molecule has 6 nitrogen and oxygen atoms in total. The number of ketones is 1. The summed E-state index contributed by atoms with van der Waals surface area (Å²) in [6.07, 6.45) is 1.52. The second-order valence-electron chi connectivity index (χ2n) is 7.21. The molecular formula is C24H23N3O3S2. The van der Waals surface area contributed by atoms with E-state index in [9.17, 15) is 14.9 Å². The summed E-state index contributed by atoms with van der Waals surface area (Å²) in [5.41, 5.74) is 5.34. The number of aryl methyl sites for hydroxylation is 2. The maximum Gasteiger partial charge on any atom is 0.341 e. The van der Waals surface area contributed by atoms with Crippen molar-refractivity contribution in [3.63, 3.8) is 0 Å². The molecule has 1 aromatic carbocycles. The first-order valence-corrected chi connectivity index (χ1v) is 11.7. The summed E-state index contributed by atoms with van der Waals surface area (Å²) in [7, 11) is 0. The van der Waals surface area contributed by atoms with Gasteiger partial charge < -0.3 is 10.1 Å². The van der Waals surface area contributed by atoms with E-state index in [2.05, 4.69) is 22.4 Å². The molecular weight excluding hydrogens is 442 g/mol. The van der Waals surface area contributed by atoms with Gasteiger partial charge in [0.05, 0.1) is 22.7 Å². The number of hydrogen-bond donors (Lipinski definition) is 1. The number of carbonyl (C=O) groups excluding carboxylic acids is 2. The van der Waals surface area contributed by atoms with Crippen molar-refractivity contribution >= 4 is 45.0 Å². The normalized spacial score (nSPS) is 11.2. The molecule has 0 radical (unpaired) electrons. The van der Waals surface area contributed by atoms with Crippen LogP contribution in [0.15, 0.2) is 29.8 Å². The van der Waals surface area contributed by atoms with Crippen LogP contribution in [-0.4, -0.2) is 23.3 Å². The Bertz CT molecular complexity index is 1260. The topological polar surface area (TPSA) is 92.1 Å². The standard InChI is InChI=1S/C24H23N3O3S2/c1-6-30-24(29)20-15(4)21(16(5)28)32-23(20)26-11-17(10-25)22-27-19(12-31-22)18-8-7-13(2)9-14(18)3/h7-9,11-12,26H,6H2,1-5H3/b17-11-. The van der Waals surface area contributed by atoms with Crippen molar-refractivity contribution in [2.24, 2.45) is 0 Å². The molecule has 0 fully saturated rings. The highest BCUT2D eigenvalue weighted by molar-refractivity contribution is 7.18. The van der Waals surface area contributed by atoms with E-state index in [1.54, 1.807) is 13.8 Å². The van der Waals surface area contributed by atoms with Crippen LogP contribution in [0.5, 0.6) is 0 Å². The van der Waals surface area contributed by atoms with Gasteiger partial charge in [-0.25, -0.2) is 9.78 Å². The maximum atomic E-state index is 12.5. The Morgan fingerprint density at radius 3 is 2.66 bits per heavy atom. The number of Topliss-reactive ketones (excluding diaryl/α,β-unsaturated/α-hetero) is 1. The highest BCUT2D eigenvalue weighted by Crippen LogP contribution is 2.35. The van der Waals surface area contributed by atoms with Gasteiger partial charge in [-0.2, -0.15) is 5.26 Å². The third-order valence-electron chi connectivity index (χ3n) is 4.81. The Balaban J connectivity index is 1.94. The number of hydrogen-bond acceptors (Lipinski definition) is 8. The average Bonchev–Trinajstić information content (AvgIpc) is 3.34. The summed E-state index contributed by atoms with van der Waals surface area (Å²) in [4.78, 5) is 29.5. The van der Waals surface area contributed by atoms with Gasteiger partial charge in [-0.15, -0.1) is 22.7 Å².